The summed E-state index contributed by atoms with van der Waals surface area (Å²) in [6.45, 7) is 0. The number of hydrogen-bond donors (Lipinski definition) is 1. The maximum Gasteiger partial charge on any atom is 0.256 e. The van der Waals surface area contributed by atoms with E-state index in [-0.39, 0.29) is 11.0 Å². The maximum absolute atomic E-state index is 11.2. The van der Waals surface area contributed by atoms with Crippen molar-refractivity contribution < 1.29 is 5.11 Å². The molecule has 0 saturated heterocycles. The Morgan fingerprint density at radius 2 is 2.33 bits per heavy atom. The monoisotopic (exact) mass is 162 g/mol. The zero-order valence-corrected chi connectivity index (χ0v) is 6.14. The highest BCUT2D eigenvalue weighted by Gasteiger charge is 1.97. The summed E-state index contributed by atoms with van der Waals surface area (Å²) in [5.41, 5.74) is 0.753. The molecular weight excluding hydrogens is 156 g/mol. The van der Waals surface area contributed by atoms with E-state index in [1.165, 1.54) is 16.7 Å². The van der Waals surface area contributed by atoms with Gasteiger partial charge in [0, 0.05) is 6.07 Å². The minimum absolute atomic E-state index is 0.190. The fourth-order valence-corrected chi connectivity index (χ4v) is 1.13. The average Bonchev–Trinajstić information content (AvgIpc) is 2.49. The van der Waals surface area contributed by atoms with Crippen LogP contribution in [0.5, 0.6) is 0 Å². The van der Waals surface area contributed by atoms with Crippen LogP contribution in [0.1, 0.15) is 0 Å². The van der Waals surface area contributed by atoms with Crippen LogP contribution in [-0.4, -0.2) is 14.5 Å². The summed E-state index contributed by atoms with van der Waals surface area (Å²) in [6, 6.07) is 4.82. The standard InChI is InChI=1S/C8H6N2O2/c11-5-7-9-4-6-2-1-3-8(12)10(6)7/h1-5,11H/b7-5-. The Morgan fingerprint density at radius 3 is 3.08 bits per heavy atom. The SMILES string of the molecule is O=c1cccc2cn/c(=C/O)n12. The van der Waals surface area contributed by atoms with Crippen LogP contribution < -0.4 is 11.0 Å². The van der Waals surface area contributed by atoms with E-state index in [1.807, 2.05) is 0 Å². The van der Waals surface area contributed by atoms with Crippen molar-refractivity contribution in [1.82, 2.24) is 9.38 Å². The molecule has 0 atom stereocenters. The number of aromatic nitrogens is 2. The first-order valence-corrected chi connectivity index (χ1v) is 3.44. The molecular formula is C8H6N2O2. The second kappa shape index (κ2) is 2.34. The molecule has 0 fully saturated rings. The molecule has 2 heterocycles. The van der Waals surface area contributed by atoms with Gasteiger partial charge in [0.15, 0.2) is 5.48 Å². The Hall–Kier alpha value is -1.84. The molecule has 0 aromatic carbocycles. The topological polar surface area (TPSA) is 54.6 Å². The van der Waals surface area contributed by atoms with Gasteiger partial charge in [0.1, 0.15) is 6.26 Å². The largest absolute Gasteiger partial charge is 0.512 e. The molecule has 12 heavy (non-hydrogen) atoms. The van der Waals surface area contributed by atoms with E-state index in [0.717, 1.165) is 6.26 Å². The molecule has 0 bridgehead atoms. The van der Waals surface area contributed by atoms with Crippen LogP contribution in [0.4, 0.5) is 0 Å². The van der Waals surface area contributed by atoms with Gasteiger partial charge in [0.25, 0.3) is 5.56 Å². The highest BCUT2D eigenvalue weighted by Crippen LogP contribution is 1.91. The van der Waals surface area contributed by atoms with Crippen molar-refractivity contribution in [3.8, 4) is 0 Å². The quantitative estimate of drug-likeness (QED) is 0.579. The lowest BCUT2D eigenvalue weighted by molar-refractivity contribution is 0.535. The third kappa shape index (κ3) is 0.780. The number of aliphatic hydroxyl groups is 1. The van der Waals surface area contributed by atoms with Crippen molar-refractivity contribution in [2.75, 3.05) is 0 Å². The lowest BCUT2D eigenvalue weighted by Gasteiger charge is -1.88. The molecule has 2 aromatic rings. The summed E-state index contributed by atoms with van der Waals surface area (Å²) >= 11 is 0. The molecule has 0 radical (unpaired) electrons. The normalized spacial score (nSPS) is 12.5. The highest BCUT2D eigenvalue weighted by atomic mass is 16.2. The highest BCUT2D eigenvalue weighted by molar-refractivity contribution is 5.44. The molecule has 4 heteroatoms. The van der Waals surface area contributed by atoms with E-state index in [2.05, 4.69) is 4.98 Å². The molecule has 0 aliphatic rings. The lowest BCUT2D eigenvalue weighted by atomic mass is 10.4. The van der Waals surface area contributed by atoms with Crippen molar-refractivity contribution >= 4 is 11.8 Å². The van der Waals surface area contributed by atoms with Crippen LogP contribution >= 0.6 is 0 Å². The smallest absolute Gasteiger partial charge is 0.256 e. The predicted octanol–water partition coefficient (Wildman–Crippen LogP) is -0.291. The number of hydrogen-bond acceptors (Lipinski definition) is 3. The first-order valence-electron chi connectivity index (χ1n) is 3.44. The first kappa shape index (κ1) is 6.84. The van der Waals surface area contributed by atoms with Crippen LogP contribution in [0.15, 0.2) is 29.2 Å². The van der Waals surface area contributed by atoms with Crippen LogP contribution in [-0.2, 0) is 0 Å². The number of rotatable bonds is 0. The van der Waals surface area contributed by atoms with Crippen molar-refractivity contribution in [3.05, 3.63) is 40.2 Å². The van der Waals surface area contributed by atoms with Gasteiger partial charge in [-0.3, -0.25) is 9.20 Å². The Morgan fingerprint density at radius 1 is 1.50 bits per heavy atom. The minimum Gasteiger partial charge on any atom is -0.512 e. The van der Waals surface area contributed by atoms with E-state index in [1.54, 1.807) is 12.1 Å². The molecule has 0 saturated carbocycles. The number of pyridine rings is 1. The molecule has 2 aromatic heterocycles. The number of aliphatic hydroxyl groups excluding tert-OH is 1. The fraction of sp³-hybridized carbons (Fsp3) is 0. The van der Waals surface area contributed by atoms with Crippen LogP contribution in [0, 0.1) is 0 Å². The number of imidazole rings is 1. The summed E-state index contributed by atoms with van der Waals surface area (Å²) in [5.74, 6) is 0. The van der Waals surface area contributed by atoms with Gasteiger partial charge in [-0.05, 0) is 6.07 Å². The van der Waals surface area contributed by atoms with Gasteiger partial charge in [-0.25, -0.2) is 4.98 Å². The molecule has 0 aliphatic carbocycles. The molecule has 0 unspecified atom stereocenters. The average molecular weight is 162 g/mol. The zero-order valence-electron chi connectivity index (χ0n) is 6.14. The number of fused-ring (bicyclic) bond motifs is 1. The van der Waals surface area contributed by atoms with E-state index in [0.29, 0.717) is 5.52 Å². The molecule has 0 aliphatic heterocycles. The Balaban J connectivity index is 3.14. The second-order valence-corrected chi connectivity index (χ2v) is 2.37. The van der Waals surface area contributed by atoms with Crippen LogP contribution in [0.25, 0.3) is 11.8 Å². The Bertz CT molecular complexity index is 515. The second-order valence-electron chi connectivity index (χ2n) is 2.37. The Labute approximate surface area is 67.4 Å². The van der Waals surface area contributed by atoms with Gasteiger partial charge >= 0.3 is 0 Å². The third-order valence-corrected chi connectivity index (χ3v) is 1.66. The first-order chi connectivity index (χ1) is 5.83. The van der Waals surface area contributed by atoms with Gasteiger partial charge in [-0.15, -0.1) is 0 Å². The molecule has 2 rings (SSSR count). The van der Waals surface area contributed by atoms with Gasteiger partial charge in [0.2, 0.25) is 0 Å². The summed E-state index contributed by atoms with van der Waals surface area (Å²) in [7, 11) is 0. The van der Waals surface area contributed by atoms with E-state index >= 15 is 0 Å². The Kier molecular flexibility index (Phi) is 1.33. The van der Waals surface area contributed by atoms with E-state index < -0.39 is 0 Å². The van der Waals surface area contributed by atoms with Crippen molar-refractivity contribution in [2.24, 2.45) is 0 Å². The molecule has 60 valence electrons. The minimum atomic E-state index is -0.190. The predicted molar refractivity (Wildman–Crippen MR) is 43.8 cm³/mol. The number of nitrogens with zero attached hydrogens (tertiary/aromatic N) is 2. The van der Waals surface area contributed by atoms with Gasteiger partial charge in [0.05, 0.1) is 11.7 Å². The van der Waals surface area contributed by atoms with Crippen LogP contribution in [0.2, 0.25) is 0 Å². The van der Waals surface area contributed by atoms with E-state index in [9.17, 15) is 4.79 Å². The van der Waals surface area contributed by atoms with Crippen molar-refractivity contribution in [1.29, 1.82) is 0 Å². The third-order valence-electron chi connectivity index (χ3n) is 1.66. The maximum atomic E-state index is 11.2. The summed E-state index contributed by atoms with van der Waals surface area (Å²) in [4.78, 5) is 15.0. The molecule has 1 N–H and O–H groups in total. The van der Waals surface area contributed by atoms with E-state index in [4.69, 9.17) is 5.11 Å². The van der Waals surface area contributed by atoms with Crippen molar-refractivity contribution in [2.45, 2.75) is 0 Å². The van der Waals surface area contributed by atoms with Gasteiger partial charge in [-0.1, -0.05) is 6.07 Å². The molecule has 0 amide bonds. The summed E-state index contributed by atoms with van der Waals surface area (Å²) < 4.78 is 1.33. The fourth-order valence-electron chi connectivity index (χ4n) is 1.13. The molecule has 0 spiro atoms. The van der Waals surface area contributed by atoms with Crippen molar-refractivity contribution in [3.63, 3.8) is 0 Å². The van der Waals surface area contributed by atoms with Gasteiger partial charge < -0.3 is 5.11 Å². The zero-order chi connectivity index (χ0) is 8.55. The lowest BCUT2D eigenvalue weighted by Crippen LogP contribution is -2.23. The van der Waals surface area contributed by atoms with Crippen LogP contribution in [0.3, 0.4) is 0 Å². The van der Waals surface area contributed by atoms with Gasteiger partial charge in [-0.2, -0.15) is 0 Å². The summed E-state index contributed by atoms with van der Waals surface area (Å²) in [5, 5.41) is 8.70. The summed E-state index contributed by atoms with van der Waals surface area (Å²) in [6.07, 6.45) is 2.35. The molecule has 4 nitrogen and oxygen atoms in total.